The Labute approximate surface area is 176 Å². The van der Waals surface area contributed by atoms with Crippen LogP contribution >= 0.6 is 11.8 Å². The van der Waals surface area contributed by atoms with Crippen LogP contribution in [0.25, 0.3) is 21.8 Å². The summed E-state index contributed by atoms with van der Waals surface area (Å²) in [6, 6.07) is 19.5. The molecule has 2 amide bonds. The molecule has 2 aromatic heterocycles. The van der Waals surface area contributed by atoms with Gasteiger partial charge < -0.3 is 4.74 Å². The van der Waals surface area contributed by atoms with Gasteiger partial charge in [-0.3, -0.25) is 19.5 Å². The van der Waals surface area contributed by atoms with Crippen LogP contribution in [0.2, 0.25) is 0 Å². The number of hydrogen-bond acceptors (Lipinski definition) is 6. The van der Waals surface area contributed by atoms with Gasteiger partial charge in [-0.1, -0.05) is 24.3 Å². The van der Waals surface area contributed by atoms with E-state index in [0.717, 1.165) is 49.7 Å². The maximum Gasteiger partial charge on any atom is 0.289 e. The lowest BCUT2D eigenvalue weighted by molar-refractivity contribution is -0.125. The number of carbonyl (C=O) groups excluding carboxylic acids is 2. The number of para-hydroxylation sites is 1. The van der Waals surface area contributed by atoms with Crippen molar-refractivity contribution in [2.45, 2.75) is 11.9 Å². The number of imide groups is 1. The fourth-order valence-electron chi connectivity index (χ4n) is 3.40. The van der Waals surface area contributed by atoms with Gasteiger partial charge in [0.05, 0.1) is 16.7 Å². The van der Waals surface area contributed by atoms with Crippen molar-refractivity contribution < 1.29 is 14.3 Å². The lowest BCUT2D eigenvalue weighted by Crippen LogP contribution is -2.24. The number of pyridine rings is 2. The number of likely N-dealkylation sites (N-methyl/N-ethyl adjacent to an activating group) is 1. The van der Waals surface area contributed by atoms with Gasteiger partial charge in [0.2, 0.25) is 5.91 Å². The van der Waals surface area contributed by atoms with Crippen molar-refractivity contribution in [1.82, 2.24) is 14.9 Å². The summed E-state index contributed by atoms with van der Waals surface area (Å²) in [5, 5.41) is 1.21. The molecule has 0 N–H and O–H groups in total. The van der Waals surface area contributed by atoms with Gasteiger partial charge in [0.1, 0.15) is 17.6 Å². The summed E-state index contributed by atoms with van der Waals surface area (Å²) in [6.45, 7) is 0.357. The Hall–Kier alpha value is -3.45. The molecule has 0 bridgehead atoms. The molecule has 148 valence electrons. The number of ether oxygens (including phenoxy) is 1. The minimum Gasteiger partial charge on any atom is -0.487 e. The first-order valence-electron chi connectivity index (χ1n) is 9.44. The summed E-state index contributed by atoms with van der Waals surface area (Å²) in [4.78, 5) is 34.2. The molecular weight excluding hydrogens is 398 g/mol. The zero-order valence-corrected chi connectivity index (χ0v) is 16.9. The molecule has 7 heteroatoms. The predicted octanol–water partition coefficient (Wildman–Crippen LogP) is 4.73. The molecule has 5 rings (SSSR count). The Balaban J connectivity index is 1.34. The van der Waals surface area contributed by atoms with Crippen LogP contribution in [0.4, 0.5) is 4.79 Å². The molecule has 1 unspecified atom stereocenters. The second-order valence-corrected chi connectivity index (χ2v) is 8.12. The number of aromatic nitrogens is 2. The average molecular weight is 415 g/mol. The van der Waals surface area contributed by atoms with Gasteiger partial charge >= 0.3 is 0 Å². The SMILES string of the molecule is CN1C(=O)SC(c2cnc3cc(OCc4ccc5ccccc5n4)ccc3c2)C1=O. The Morgan fingerprint density at radius 2 is 1.83 bits per heavy atom. The maximum absolute atomic E-state index is 12.2. The average Bonchev–Trinajstić information content (AvgIpc) is 3.04. The van der Waals surface area contributed by atoms with E-state index in [-0.39, 0.29) is 11.1 Å². The molecule has 30 heavy (non-hydrogen) atoms. The van der Waals surface area contributed by atoms with Gasteiger partial charge in [-0.05, 0) is 47.7 Å². The van der Waals surface area contributed by atoms with Gasteiger partial charge in [-0.2, -0.15) is 0 Å². The Morgan fingerprint density at radius 1 is 1.00 bits per heavy atom. The third-order valence-electron chi connectivity index (χ3n) is 5.07. The summed E-state index contributed by atoms with van der Waals surface area (Å²) < 4.78 is 5.91. The first kappa shape index (κ1) is 18.6. The standard InChI is InChI=1S/C23H17N3O3S/c1-26-22(27)21(30-23(26)28)16-10-15-7-9-18(11-20(15)24-12-16)29-13-17-8-6-14-4-2-3-5-19(14)25-17/h2-12,21H,13H2,1H3. The summed E-state index contributed by atoms with van der Waals surface area (Å²) in [6.07, 6.45) is 1.65. The fourth-order valence-corrected chi connectivity index (χ4v) is 4.38. The molecule has 0 spiro atoms. The highest BCUT2D eigenvalue weighted by molar-refractivity contribution is 8.14. The number of amides is 2. The highest BCUT2D eigenvalue weighted by Crippen LogP contribution is 2.39. The van der Waals surface area contributed by atoms with Crippen molar-refractivity contribution in [1.29, 1.82) is 0 Å². The third-order valence-corrected chi connectivity index (χ3v) is 6.25. The van der Waals surface area contributed by atoms with E-state index in [9.17, 15) is 9.59 Å². The minimum atomic E-state index is -0.533. The van der Waals surface area contributed by atoms with Gasteiger partial charge in [0.15, 0.2) is 0 Å². The second kappa shape index (κ2) is 7.42. The lowest BCUT2D eigenvalue weighted by Gasteiger charge is -2.10. The number of nitrogens with zero attached hydrogens (tertiary/aromatic N) is 3. The van der Waals surface area contributed by atoms with E-state index in [1.807, 2.05) is 60.7 Å². The number of benzene rings is 2. The smallest absolute Gasteiger partial charge is 0.289 e. The van der Waals surface area contributed by atoms with Gasteiger partial charge in [-0.15, -0.1) is 0 Å². The molecule has 0 radical (unpaired) electrons. The summed E-state index contributed by atoms with van der Waals surface area (Å²) in [5.74, 6) is 0.480. The van der Waals surface area contributed by atoms with Crippen molar-refractivity contribution in [3.05, 3.63) is 78.1 Å². The van der Waals surface area contributed by atoms with Crippen molar-refractivity contribution in [2.24, 2.45) is 0 Å². The summed E-state index contributed by atoms with van der Waals surface area (Å²) >= 11 is 1.02. The molecule has 2 aromatic carbocycles. The highest BCUT2D eigenvalue weighted by atomic mass is 32.2. The quantitative estimate of drug-likeness (QED) is 0.480. The van der Waals surface area contributed by atoms with E-state index >= 15 is 0 Å². The number of carbonyl (C=O) groups is 2. The molecule has 1 saturated heterocycles. The molecule has 1 atom stereocenters. The van der Waals surface area contributed by atoms with Crippen molar-refractivity contribution in [3.63, 3.8) is 0 Å². The third kappa shape index (κ3) is 3.37. The van der Waals surface area contributed by atoms with E-state index in [1.54, 1.807) is 6.20 Å². The number of hydrogen-bond donors (Lipinski definition) is 0. The van der Waals surface area contributed by atoms with Gasteiger partial charge in [0.25, 0.3) is 5.24 Å². The molecule has 0 aliphatic carbocycles. The molecule has 1 aliphatic heterocycles. The van der Waals surface area contributed by atoms with Gasteiger partial charge in [-0.25, -0.2) is 4.98 Å². The first-order valence-corrected chi connectivity index (χ1v) is 10.3. The number of fused-ring (bicyclic) bond motifs is 2. The minimum absolute atomic E-state index is 0.214. The monoisotopic (exact) mass is 415 g/mol. The zero-order valence-electron chi connectivity index (χ0n) is 16.1. The molecule has 0 saturated carbocycles. The van der Waals surface area contributed by atoms with Gasteiger partial charge in [0, 0.05) is 30.1 Å². The van der Waals surface area contributed by atoms with Crippen LogP contribution in [0, 0.1) is 0 Å². The van der Waals surface area contributed by atoms with E-state index in [4.69, 9.17) is 4.74 Å². The molecule has 1 aliphatic rings. The molecular formula is C23H17N3O3S. The van der Waals surface area contributed by atoms with Crippen LogP contribution in [0.3, 0.4) is 0 Å². The van der Waals surface area contributed by atoms with E-state index in [0.29, 0.717) is 12.4 Å². The largest absolute Gasteiger partial charge is 0.487 e. The van der Waals surface area contributed by atoms with Crippen LogP contribution in [0.1, 0.15) is 16.5 Å². The molecule has 6 nitrogen and oxygen atoms in total. The van der Waals surface area contributed by atoms with E-state index in [2.05, 4.69) is 9.97 Å². The first-order chi connectivity index (χ1) is 14.6. The summed E-state index contributed by atoms with van der Waals surface area (Å²) in [7, 11) is 1.50. The molecule has 3 heterocycles. The number of rotatable bonds is 4. The predicted molar refractivity (Wildman–Crippen MR) is 116 cm³/mol. The van der Waals surface area contributed by atoms with E-state index in [1.165, 1.54) is 7.05 Å². The molecule has 1 fully saturated rings. The maximum atomic E-state index is 12.2. The fraction of sp³-hybridized carbons (Fsp3) is 0.130. The topological polar surface area (TPSA) is 72.4 Å². The lowest BCUT2D eigenvalue weighted by atomic mass is 10.1. The van der Waals surface area contributed by atoms with Crippen molar-refractivity contribution in [3.8, 4) is 5.75 Å². The Kier molecular flexibility index (Phi) is 4.59. The Bertz CT molecular complexity index is 1310. The Morgan fingerprint density at radius 3 is 2.67 bits per heavy atom. The van der Waals surface area contributed by atoms with Crippen LogP contribution in [-0.4, -0.2) is 33.1 Å². The number of thioether (sulfide) groups is 1. The summed E-state index contributed by atoms with van der Waals surface area (Å²) in [5.41, 5.74) is 3.28. The van der Waals surface area contributed by atoms with Crippen molar-refractivity contribution in [2.75, 3.05) is 7.05 Å². The highest BCUT2D eigenvalue weighted by Gasteiger charge is 2.38. The molecule has 4 aromatic rings. The zero-order chi connectivity index (χ0) is 20.7. The van der Waals surface area contributed by atoms with Crippen LogP contribution in [-0.2, 0) is 11.4 Å². The normalized spacial score (nSPS) is 16.6. The van der Waals surface area contributed by atoms with Crippen LogP contribution < -0.4 is 4.74 Å². The van der Waals surface area contributed by atoms with Crippen LogP contribution in [0.15, 0.2) is 66.9 Å². The van der Waals surface area contributed by atoms with Crippen molar-refractivity contribution >= 4 is 44.7 Å². The van der Waals surface area contributed by atoms with E-state index < -0.39 is 5.25 Å². The van der Waals surface area contributed by atoms with Crippen LogP contribution in [0.5, 0.6) is 5.75 Å². The second-order valence-electron chi connectivity index (χ2n) is 7.07.